The van der Waals surface area contributed by atoms with E-state index in [0.29, 0.717) is 12.2 Å². The first-order chi connectivity index (χ1) is 13.3. The molecule has 1 aliphatic heterocycles. The number of pyridine rings is 1. The van der Waals surface area contributed by atoms with Crippen LogP contribution in [0.3, 0.4) is 0 Å². The molecule has 0 atom stereocenters. The molecule has 0 saturated carbocycles. The Labute approximate surface area is 156 Å². The predicted octanol–water partition coefficient (Wildman–Crippen LogP) is 2.50. The van der Waals surface area contributed by atoms with Crippen LogP contribution < -0.4 is 10.2 Å². The molecule has 1 amide bonds. The van der Waals surface area contributed by atoms with Gasteiger partial charge in [0.2, 0.25) is 5.76 Å². The molecule has 138 valence electrons. The summed E-state index contributed by atoms with van der Waals surface area (Å²) in [5.41, 5.74) is 2.46. The van der Waals surface area contributed by atoms with Crippen LogP contribution in [0.25, 0.3) is 11.3 Å². The van der Waals surface area contributed by atoms with Gasteiger partial charge in [0.25, 0.3) is 5.91 Å². The number of ether oxygens (including phenoxy) is 1. The molecule has 7 nitrogen and oxygen atoms in total. The molecule has 0 unspecified atom stereocenters. The van der Waals surface area contributed by atoms with Gasteiger partial charge in [-0.25, -0.2) is 4.98 Å². The van der Waals surface area contributed by atoms with E-state index in [-0.39, 0.29) is 11.7 Å². The molecular weight excluding hydrogens is 344 g/mol. The Morgan fingerprint density at radius 1 is 1.11 bits per heavy atom. The molecule has 2 aromatic heterocycles. The lowest BCUT2D eigenvalue weighted by molar-refractivity contribution is 0.0914. The van der Waals surface area contributed by atoms with Gasteiger partial charge in [-0.2, -0.15) is 0 Å². The molecule has 3 heterocycles. The quantitative estimate of drug-likeness (QED) is 0.749. The van der Waals surface area contributed by atoms with E-state index >= 15 is 0 Å². The molecule has 3 aromatic rings. The smallest absolute Gasteiger partial charge is 0.290 e. The summed E-state index contributed by atoms with van der Waals surface area (Å²) < 4.78 is 10.5. The number of anilines is 1. The highest BCUT2D eigenvalue weighted by atomic mass is 16.5. The third-order valence-electron chi connectivity index (χ3n) is 4.40. The maximum absolute atomic E-state index is 12.3. The van der Waals surface area contributed by atoms with Crippen molar-refractivity contribution in [3.8, 4) is 11.3 Å². The average Bonchev–Trinajstić information content (AvgIpc) is 3.24. The second kappa shape index (κ2) is 8.01. The highest BCUT2D eigenvalue weighted by molar-refractivity contribution is 5.92. The molecule has 0 bridgehead atoms. The number of hydrogen-bond donors (Lipinski definition) is 1. The number of aromatic nitrogens is 2. The van der Waals surface area contributed by atoms with Crippen molar-refractivity contribution < 1.29 is 14.1 Å². The van der Waals surface area contributed by atoms with Crippen molar-refractivity contribution >= 4 is 11.7 Å². The third-order valence-corrected chi connectivity index (χ3v) is 4.40. The Kier molecular flexibility index (Phi) is 5.11. The Hall–Kier alpha value is -3.19. The fourth-order valence-electron chi connectivity index (χ4n) is 2.90. The molecule has 4 rings (SSSR count). The van der Waals surface area contributed by atoms with Gasteiger partial charge >= 0.3 is 0 Å². The van der Waals surface area contributed by atoms with E-state index in [1.165, 1.54) is 0 Å². The second-order valence-electron chi connectivity index (χ2n) is 6.25. The number of amides is 1. The number of hydrogen-bond acceptors (Lipinski definition) is 6. The van der Waals surface area contributed by atoms with Gasteiger partial charge in [-0.1, -0.05) is 41.6 Å². The summed E-state index contributed by atoms with van der Waals surface area (Å²) in [5, 5.41) is 6.79. The molecule has 27 heavy (non-hydrogen) atoms. The first-order valence-corrected chi connectivity index (χ1v) is 8.87. The van der Waals surface area contributed by atoms with Gasteiger partial charge in [0, 0.05) is 37.5 Å². The molecule has 1 N–H and O–H groups in total. The van der Waals surface area contributed by atoms with Crippen molar-refractivity contribution in [3.05, 3.63) is 66.1 Å². The summed E-state index contributed by atoms with van der Waals surface area (Å²) in [6.45, 7) is 3.51. The van der Waals surface area contributed by atoms with Crippen LogP contribution in [0.15, 0.2) is 59.3 Å². The highest BCUT2D eigenvalue weighted by Gasteiger charge is 2.15. The summed E-state index contributed by atoms with van der Waals surface area (Å²) >= 11 is 0. The molecule has 0 radical (unpaired) electrons. The largest absolute Gasteiger partial charge is 0.378 e. The van der Waals surface area contributed by atoms with Crippen LogP contribution in [0.5, 0.6) is 0 Å². The normalized spacial score (nSPS) is 14.1. The zero-order chi connectivity index (χ0) is 18.5. The standard InChI is InChI=1S/C20H20N4O3/c25-20(18-12-17(23-27-18)16-4-2-1-3-5-16)22-14-15-6-7-19(21-13-15)24-8-10-26-11-9-24/h1-7,12-13H,8-11,14H2,(H,22,25). The minimum Gasteiger partial charge on any atom is -0.378 e. The maximum atomic E-state index is 12.3. The van der Waals surface area contributed by atoms with Gasteiger partial charge in [0.1, 0.15) is 11.5 Å². The third kappa shape index (κ3) is 4.15. The Morgan fingerprint density at radius 2 is 1.93 bits per heavy atom. The van der Waals surface area contributed by atoms with Crippen molar-refractivity contribution in [2.45, 2.75) is 6.54 Å². The van der Waals surface area contributed by atoms with Gasteiger partial charge in [0.05, 0.1) is 13.2 Å². The fraction of sp³-hybridized carbons (Fsp3) is 0.250. The summed E-state index contributed by atoms with van der Waals surface area (Å²) in [4.78, 5) is 19.0. The minimum absolute atomic E-state index is 0.187. The van der Waals surface area contributed by atoms with E-state index in [1.54, 1.807) is 12.3 Å². The summed E-state index contributed by atoms with van der Waals surface area (Å²) in [6.07, 6.45) is 1.78. The minimum atomic E-state index is -0.304. The number of nitrogens with one attached hydrogen (secondary N) is 1. The van der Waals surface area contributed by atoms with Crippen LogP contribution in [0.4, 0.5) is 5.82 Å². The lowest BCUT2D eigenvalue weighted by atomic mass is 10.1. The Balaban J connectivity index is 1.34. The SMILES string of the molecule is O=C(NCc1ccc(N2CCOCC2)nc1)c1cc(-c2ccccc2)no1. The lowest BCUT2D eigenvalue weighted by Crippen LogP contribution is -2.36. The van der Waals surface area contributed by atoms with Crippen LogP contribution in [-0.4, -0.2) is 42.4 Å². The number of morpholine rings is 1. The lowest BCUT2D eigenvalue weighted by Gasteiger charge is -2.27. The van der Waals surface area contributed by atoms with Crippen LogP contribution in [0.1, 0.15) is 16.1 Å². The molecular formula is C20H20N4O3. The zero-order valence-corrected chi connectivity index (χ0v) is 14.8. The molecule has 0 spiro atoms. The number of carbonyl (C=O) groups is 1. The van der Waals surface area contributed by atoms with E-state index in [0.717, 1.165) is 43.2 Å². The van der Waals surface area contributed by atoms with E-state index in [1.807, 2.05) is 42.5 Å². The van der Waals surface area contributed by atoms with E-state index in [2.05, 4.69) is 20.4 Å². The van der Waals surface area contributed by atoms with Crippen LogP contribution in [0.2, 0.25) is 0 Å². The predicted molar refractivity (Wildman–Crippen MR) is 100 cm³/mol. The van der Waals surface area contributed by atoms with Crippen molar-refractivity contribution in [3.63, 3.8) is 0 Å². The molecule has 1 aromatic carbocycles. The summed E-state index contributed by atoms with van der Waals surface area (Å²) in [7, 11) is 0. The van der Waals surface area contributed by atoms with E-state index in [4.69, 9.17) is 9.26 Å². The second-order valence-corrected chi connectivity index (χ2v) is 6.25. The number of nitrogens with zero attached hydrogens (tertiary/aromatic N) is 3. The highest BCUT2D eigenvalue weighted by Crippen LogP contribution is 2.18. The van der Waals surface area contributed by atoms with E-state index in [9.17, 15) is 4.79 Å². The summed E-state index contributed by atoms with van der Waals surface area (Å²) in [5.74, 6) is 0.810. The van der Waals surface area contributed by atoms with Gasteiger partial charge in [-0.3, -0.25) is 4.79 Å². The number of rotatable bonds is 5. The Morgan fingerprint density at radius 3 is 2.67 bits per heavy atom. The van der Waals surface area contributed by atoms with Gasteiger partial charge in [-0.15, -0.1) is 0 Å². The molecule has 0 aliphatic carbocycles. The number of benzene rings is 1. The average molecular weight is 364 g/mol. The monoisotopic (exact) mass is 364 g/mol. The molecule has 1 aliphatic rings. The first-order valence-electron chi connectivity index (χ1n) is 8.87. The van der Waals surface area contributed by atoms with Crippen molar-refractivity contribution in [1.29, 1.82) is 0 Å². The molecule has 1 fully saturated rings. The molecule has 7 heteroatoms. The topological polar surface area (TPSA) is 80.5 Å². The Bertz CT molecular complexity index is 887. The maximum Gasteiger partial charge on any atom is 0.290 e. The van der Waals surface area contributed by atoms with Gasteiger partial charge in [-0.05, 0) is 11.6 Å². The first kappa shape index (κ1) is 17.2. The zero-order valence-electron chi connectivity index (χ0n) is 14.8. The van der Waals surface area contributed by atoms with Crippen molar-refractivity contribution in [1.82, 2.24) is 15.5 Å². The van der Waals surface area contributed by atoms with Gasteiger partial charge < -0.3 is 19.5 Å². The van der Waals surface area contributed by atoms with E-state index < -0.39 is 0 Å². The van der Waals surface area contributed by atoms with Crippen molar-refractivity contribution in [2.75, 3.05) is 31.2 Å². The van der Waals surface area contributed by atoms with Gasteiger partial charge in [0.15, 0.2) is 0 Å². The summed E-state index contributed by atoms with van der Waals surface area (Å²) in [6, 6.07) is 15.2. The van der Waals surface area contributed by atoms with Crippen molar-refractivity contribution in [2.24, 2.45) is 0 Å². The molecule has 1 saturated heterocycles. The fourth-order valence-corrected chi connectivity index (χ4v) is 2.90. The van der Waals surface area contributed by atoms with Crippen LogP contribution >= 0.6 is 0 Å². The number of carbonyl (C=O) groups excluding carboxylic acids is 1. The van der Waals surface area contributed by atoms with Crippen LogP contribution in [-0.2, 0) is 11.3 Å². The van der Waals surface area contributed by atoms with Crippen LogP contribution in [0, 0.1) is 0 Å².